The summed E-state index contributed by atoms with van der Waals surface area (Å²) < 4.78 is 13.3. The average Bonchev–Trinajstić information content (AvgIpc) is 2.77. The van der Waals surface area contributed by atoms with Crippen LogP contribution in [0.4, 0.5) is 4.39 Å². The van der Waals surface area contributed by atoms with E-state index in [9.17, 15) is 9.18 Å². The Morgan fingerprint density at radius 2 is 2.28 bits per heavy atom. The van der Waals surface area contributed by atoms with Gasteiger partial charge < -0.3 is 10.2 Å². The Morgan fingerprint density at radius 1 is 1.56 bits per heavy atom. The summed E-state index contributed by atoms with van der Waals surface area (Å²) in [6, 6.07) is 1.73. The van der Waals surface area contributed by atoms with E-state index in [1.54, 1.807) is 4.90 Å². The molecule has 1 saturated heterocycles. The molecule has 1 N–H and O–H groups in total. The monoisotopic (exact) mass is 295 g/mol. The Kier molecular flexibility index (Phi) is 7.13. The van der Waals surface area contributed by atoms with Gasteiger partial charge in [-0.05, 0) is 19.5 Å². The highest BCUT2D eigenvalue weighted by Crippen LogP contribution is 2.14. The molecule has 4 nitrogen and oxygen atoms in total. The fourth-order valence-electron chi connectivity index (χ4n) is 1.90. The molecule has 1 aromatic rings. The van der Waals surface area contributed by atoms with E-state index in [0.717, 1.165) is 12.6 Å². The van der Waals surface area contributed by atoms with Crippen molar-refractivity contribution in [1.82, 2.24) is 15.2 Å². The third kappa shape index (κ3) is 3.54. The lowest BCUT2D eigenvalue weighted by Gasteiger charge is -2.16. The number of amides is 1. The third-order valence-electron chi connectivity index (χ3n) is 2.89. The van der Waals surface area contributed by atoms with Crippen LogP contribution >= 0.6 is 24.8 Å². The van der Waals surface area contributed by atoms with E-state index in [1.165, 1.54) is 12.3 Å². The van der Waals surface area contributed by atoms with Crippen LogP contribution in [0.2, 0.25) is 0 Å². The molecule has 0 spiro atoms. The van der Waals surface area contributed by atoms with Crippen LogP contribution < -0.4 is 5.32 Å². The van der Waals surface area contributed by atoms with Gasteiger partial charge in [-0.2, -0.15) is 0 Å². The van der Waals surface area contributed by atoms with Gasteiger partial charge in [-0.1, -0.05) is 0 Å². The number of carbonyl (C=O) groups excluding carboxylic acids is 1. The van der Waals surface area contributed by atoms with Crippen molar-refractivity contribution >= 4 is 30.7 Å². The van der Waals surface area contributed by atoms with E-state index in [-0.39, 0.29) is 36.3 Å². The third-order valence-corrected chi connectivity index (χ3v) is 2.89. The molecule has 1 atom stereocenters. The first-order valence-corrected chi connectivity index (χ1v) is 5.28. The highest BCUT2D eigenvalue weighted by atomic mass is 35.5. The van der Waals surface area contributed by atoms with Crippen molar-refractivity contribution in [3.8, 4) is 0 Å². The number of aromatic nitrogens is 1. The molecule has 1 unspecified atom stereocenters. The van der Waals surface area contributed by atoms with Crippen molar-refractivity contribution in [3.63, 3.8) is 0 Å². The quantitative estimate of drug-likeness (QED) is 0.899. The largest absolute Gasteiger partial charge is 0.337 e. The second kappa shape index (κ2) is 7.51. The molecule has 0 aromatic carbocycles. The fourth-order valence-corrected chi connectivity index (χ4v) is 1.90. The van der Waals surface area contributed by atoms with E-state index in [4.69, 9.17) is 0 Å². The van der Waals surface area contributed by atoms with Crippen LogP contribution in [-0.2, 0) is 0 Å². The van der Waals surface area contributed by atoms with E-state index < -0.39 is 5.82 Å². The summed E-state index contributed by atoms with van der Waals surface area (Å²) in [6.07, 6.45) is 3.41. The molecule has 0 bridgehead atoms. The molecule has 0 aliphatic carbocycles. The minimum absolute atomic E-state index is 0. The fraction of sp³-hybridized carbons (Fsp3) is 0.455. The van der Waals surface area contributed by atoms with Crippen LogP contribution in [0.15, 0.2) is 18.5 Å². The molecule has 18 heavy (non-hydrogen) atoms. The van der Waals surface area contributed by atoms with Gasteiger partial charge in [0.1, 0.15) is 0 Å². The highest BCUT2D eigenvalue weighted by Gasteiger charge is 2.27. The lowest BCUT2D eigenvalue weighted by Crippen LogP contribution is -2.33. The number of pyridine rings is 1. The second-order valence-corrected chi connectivity index (χ2v) is 3.88. The topological polar surface area (TPSA) is 45.2 Å². The van der Waals surface area contributed by atoms with Crippen LogP contribution in [0, 0.1) is 5.82 Å². The number of carbonyl (C=O) groups is 1. The van der Waals surface area contributed by atoms with Crippen molar-refractivity contribution in [2.75, 3.05) is 20.1 Å². The van der Waals surface area contributed by atoms with Gasteiger partial charge in [-0.25, -0.2) is 4.39 Å². The van der Waals surface area contributed by atoms with Crippen molar-refractivity contribution in [3.05, 3.63) is 29.8 Å². The summed E-state index contributed by atoms with van der Waals surface area (Å²) in [5.74, 6) is -0.807. The van der Waals surface area contributed by atoms with Crippen molar-refractivity contribution in [2.24, 2.45) is 0 Å². The Balaban J connectivity index is 0.00000144. The summed E-state index contributed by atoms with van der Waals surface area (Å²) in [5, 5.41) is 3.11. The highest BCUT2D eigenvalue weighted by molar-refractivity contribution is 5.94. The molecular weight excluding hydrogens is 280 g/mol. The lowest BCUT2D eigenvalue weighted by atomic mass is 10.2. The smallest absolute Gasteiger partial charge is 0.256 e. The predicted octanol–water partition coefficient (Wildman–Crippen LogP) is 1.50. The molecule has 2 heterocycles. The first kappa shape index (κ1) is 17.1. The van der Waals surface area contributed by atoms with Gasteiger partial charge in [-0.15, -0.1) is 24.8 Å². The molecule has 2 rings (SSSR count). The molecule has 1 aliphatic heterocycles. The SMILES string of the molecule is CNC1CCN(C(=O)c2ccncc2F)C1.Cl.Cl. The van der Waals surface area contributed by atoms with Gasteiger partial charge in [0.2, 0.25) is 0 Å². The zero-order chi connectivity index (χ0) is 11.5. The molecule has 102 valence electrons. The number of hydrogen-bond donors (Lipinski definition) is 1. The minimum atomic E-state index is -0.555. The van der Waals surface area contributed by atoms with Gasteiger partial charge in [0.15, 0.2) is 5.82 Å². The van der Waals surface area contributed by atoms with Gasteiger partial charge in [-0.3, -0.25) is 9.78 Å². The summed E-state index contributed by atoms with van der Waals surface area (Å²) >= 11 is 0. The molecule has 1 amide bonds. The van der Waals surface area contributed by atoms with E-state index in [0.29, 0.717) is 19.1 Å². The number of nitrogens with one attached hydrogen (secondary N) is 1. The Hall–Kier alpha value is -0.910. The van der Waals surface area contributed by atoms with Crippen LogP contribution in [0.25, 0.3) is 0 Å². The number of rotatable bonds is 2. The molecule has 1 fully saturated rings. The Morgan fingerprint density at radius 3 is 2.83 bits per heavy atom. The second-order valence-electron chi connectivity index (χ2n) is 3.88. The summed E-state index contributed by atoms with van der Waals surface area (Å²) in [6.45, 7) is 1.31. The first-order valence-electron chi connectivity index (χ1n) is 5.28. The normalized spacial score (nSPS) is 17.9. The Labute approximate surface area is 118 Å². The molecular formula is C11H16Cl2FN3O. The van der Waals surface area contributed by atoms with Crippen molar-refractivity contribution < 1.29 is 9.18 Å². The standard InChI is InChI=1S/C11H14FN3O.2ClH/c1-13-8-3-5-15(7-8)11(16)9-2-4-14-6-10(9)12;;/h2,4,6,8,13H,3,5,7H2,1H3;2*1H. The number of halogens is 3. The van der Waals surface area contributed by atoms with E-state index in [1.807, 2.05) is 7.05 Å². The number of likely N-dealkylation sites (N-methyl/N-ethyl adjacent to an activating group) is 1. The number of nitrogens with zero attached hydrogens (tertiary/aromatic N) is 2. The molecule has 7 heteroatoms. The van der Waals surface area contributed by atoms with E-state index >= 15 is 0 Å². The van der Waals surface area contributed by atoms with Gasteiger partial charge in [0.25, 0.3) is 5.91 Å². The maximum atomic E-state index is 13.3. The maximum absolute atomic E-state index is 13.3. The van der Waals surface area contributed by atoms with Gasteiger partial charge in [0, 0.05) is 25.3 Å². The van der Waals surface area contributed by atoms with Crippen molar-refractivity contribution in [1.29, 1.82) is 0 Å². The van der Waals surface area contributed by atoms with Crippen LogP contribution in [0.3, 0.4) is 0 Å². The van der Waals surface area contributed by atoms with Crippen LogP contribution in [-0.4, -0.2) is 42.0 Å². The lowest BCUT2D eigenvalue weighted by molar-refractivity contribution is 0.0785. The summed E-state index contributed by atoms with van der Waals surface area (Å²) in [5.41, 5.74) is 0.103. The molecule has 0 saturated carbocycles. The predicted molar refractivity (Wildman–Crippen MR) is 72.1 cm³/mol. The van der Waals surface area contributed by atoms with Crippen molar-refractivity contribution in [2.45, 2.75) is 12.5 Å². The Bertz CT molecular complexity index is 406. The minimum Gasteiger partial charge on any atom is -0.337 e. The number of likely N-dealkylation sites (tertiary alicyclic amines) is 1. The van der Waals surface area contributed by atoms with Gasteiger partial charge >= 0.3 is 0 Å². The summed E-state index contributed by atoms with van der Waals surface area (Å²) in [7, 11) is 1.87. The van der Waals surface area contributed by atoms with Crippen LogP contribution in [0.1, 0.15) is 16.8 Å². The van der Waals surface area contributed by atoms with Crippen LogP contribution in [0.5, 0.6) is 0 Å². The maximum Gasteiger partial charge on any atom is 0.256 e. The zero-order valence-electron chi connectivity index (χ0n) is 9.93. The first-order chi connectivity index (χ1) is 7.72. The zero-order valence-corrected chi connectivity index (χ0v) is 11.6. The average molecular weight is 296 g/mol. The van der Waals surface area contributed by atoms with E-state index in [2.05, 4.69) is 10.3 Å². The summed E-state index contributed by atoms with van der Waals surface area (Å²) in [4.78, 5) is 17.3. The molecule has 1 aliphatic rings. The number of hydrogen-bond acceptors (Lipinski definition) is 3. The molecule has 1 aromatic heterocycles. The van der Waals surface area contributed by atoms with Gasteiger partial charge in [0.05, 0.1) is 11.8 Å². The molecule has 0 radical (unpaired) electrons.